The molecule has 1 N–H and O–H groups in total. The van der Waals surface area contributed by atoms with E-state index in [-0.39, 0.29) is 21.5 Å². The van der Waals surface area contributed by atoms with Gasteiger partial charge in [-0.2, -0.15) is 0 Å². The topological polar surface area (TPSA) is 59.1 Å². The Hall–Kier alpha value is -0.180. The summed E-state index contributed by atoms with van der Waals surface area (Å²) in [5.74, 6) is 0. The van der Waals surface area contributed by atoms with Gasteiger partial charge in [-0.05, 0) is 12.1 Å². The number of rotatable bonds is 5. The van der Waals surface area contributed by atoms with Crippen molar-refractivity contribution in [1.29, 1.82) is 0 Å². The van der Waals surface area contributed by atoms with E-state index >= 15 is 0 Å². The van der Waals surface area contributed by atoms with Gasteiger partial charge in [-0.25, -0.2) is 18.1 Å². The lowest BCUT2D eigenvalue weighted by Gasteiger charge is -2.10. The van der Waals surface area contributed by atoms with Gasteiger partial charge < -0.3 is 0 Å². The normalized spacial score (nSPS) is 11.8. The van der Waals surface area contributed by atoms with Crippen LogP contribution in [0.5, 0.6) is 0 Å². The molecule has 0 bridgehead atoms. The van der Waals surface area contributed by atoms with Gasteiger partial charge in [-0.1, -0.05) is 39.1 Å². The molecule has 1 aromatic carbocycles. The molecule has 1 aromatic heterocycles. The minimum Gasteiger partial charge on any atom is -0.250 e. The van der Waals surface area contributed by atoms with E-state index in [4.69, 9.17) is 23.2 Å². The Labute approximate surface area is 139 Å². The molecule has 108 valence electrons. The summed E-state index contributed by atoms with van der Waals surface area (Å²) in [5.41, 5.74) is 2.54. The second-order valence-corrected chi connectivity index (χ2v) is 7.98. The van der Waals surface area contributed by atoms with Gasteiger partial charge in [-0.15, -0.1) is 11.3 Å². The van der Waals surface area contributed by atoms with Crippen LogP contribution in [0.1, 0.15) is 5.69 Å². The van der Waals surface area contributed by atoms with Crippen molar-refractivity contribution < 1.29 is 8.42 Å². The van der Waals surface area contributed by atoms with E-state index in [1.54, 1.807) is 5.51 Å². The van der Waals surface area contributed by atoms with E-state index < -0.39 is 10.0 Å². The fourth-order valence-electron chi connectivity index (χ4n) is 1.53. The molecular weight excluding hydrogens is 407 g/mol. The van der Waals surface area contributed by atoms with Gasteiger partial charge in [-0.3, -0.25) is 0 Å². The molecule has 0 aliphatic carbocycles. The highest BCUT2D eigenvalue weighted by Crippen LogP contribution is 2.32. The lowest BCUT2D eigenvalue weighted by atomic mass is 10.3. The lowest BCUT2D eigenvalue weighted by molar-refractivity contribution is 0.581. The summed E-state index contributed by atoms with van der Waals surface area (Å²) in [6, 6.07) is 2.98. The number of hydrogen-bond donors (Lipinski definition) is 1. The van der Waals surface area contributed by atoms with Crippen molar-refractivity contribution in [3.05, 3.63) is 43.2 Å². The zero-order chi connectivity index (χ0) is 14.8. The Bertz CT molecular complexity index is 682. The fraction of sp³-hybridized carbons (Fsp3) is 0.182. The van der Waals surface area contributed by atoms with Crippen molar-refractivity contribution in [2.24, 2.45) is 0 Å². The number of nitrogens with one attached hydrogen (secondary N) is 1. The first-order valence-corrected chi connectivity index (χ1v) is 9.39. The van der Waals surface area contributed by atoms with Crippen LogP contribution in [0.15, 0.2) is 32.4 Å². The maximum absolute atomic E-state index is 12.2. The second kappa shape index (κ2) is 6.72. The van der Waals surface area contributed by atoms with Crippen LogP contribution in [0.25, 0.3) is 0 Å². The summed E-state index contributed by atoms with van der Waals surface area (Å²) in [5, 5.41) is 2.02. The molecule has 0 amide bonds. The van der Waals surface area contributed by atoms with Crippen LogP contribution in [0.4, 0.5) is 0 Å². The summed E-state index contributed by atoms with van der Waals surface area (Å²) in [6.07, 6.45) is 0.508. The number of aromatic nitrogens is 1. The molecule has 9 heteroatoms. The zero-order valence-electron chi connectivity index (χ0n) is 9.94. The Morgan fingerprint density at radius 2 is 1.95 bits per heavy atom. The predicted molar refractivity (Wildman–Crippen MR) is 85.2 cm³/mol. The van der Waals surface area contributed by atoms with Gasteiger partial charge in [0.25, 0.3) is 0 Å². The number of thiazole rings is 1. The van der Waals surface area contributed by atoms with Crippen molar-refractivity contribution in [2.75, 3.05) is 6.54 Å². The Kier molecular flexibility index (Phi) is 5.44. The molecule has 0 saturated carbocycles. The fourth-order valence-corrected chi connectivity index (χ4v) is 5.09. The summed E-state index contributed by atoms with van der Waals surface area (Å²) in [6.45, 7) is 0.231. The van der Waals surface area contributed by atoms with E-state index in [0.717, 1.165) is 5.69 Å². The average molecular weight is 416 g/mol. The standard InChI is InChI=1S/C11H9BrCl2N2O2S2/c12-7-3-9(13)11(10(14)4-7)20(17,18)16-2-1-8-5-19-6-15-8/h3-6,16H,1-2H2. The molecule has 0 saturated heterocycles. The van der Waals surface area contributed by atoms with Gasteiger partial charge in [0.05, 0.1) is 21.2 Å². The molecular formula is C11H9BrCl2N2O2S2. The van der Waals surface area contributed by atoms with Crippen molar-refractivity contribution in [3.8, 4) is 0 Å². The molecule has 2 aromatic rings. The third kappa shape index (κ3) is 3.93. The van der Waals surface area contributed by atoms with E-state index in [0.29, 0.717) is 10.9 Å². The summed E-state index contributed by atoms with van der Waals surface area (Å²) in [7, 11) is -3.75. The SMILES string of the molecule is O=S(=O)(NCCc1cscn1)c1c(Cl)cc(Br)cc1Cl. The average Bonchev–Trinajstić information content (AvgIpc) is 2.79. The van der Waals surface area contributed by atoms with Crippen molar-refractivity contribution >= 4 is 60.5 Å². The molecule has 0 radical (unpaired) electrons. The van der Waals surface area contributed by atoms with E-state index in [9.17, 15) is 8.42 Å². The second-order valence-electron chi connectivity index (χ2n) is 3.83. The minimum absolute atomic E-state index is 0.0746. The third-order valence-corrected chi connectivity index (χ3v) is 5.86. The minimum atomic E-state index is -3.75. The quantitative estimate of drug-likeness (QED) is 0.809. The molecule has 0 atom stereocenters. The van der Waals surface area contributed by atoms with Crippen LogP contribution in [0.2, 0.25) is 10.0 Å². The predicted octanol–water partition coefficient (Wildman–Crippen LogP) is 3.73. The molecule has 0 fully saturated rings. The Balaban J connectivity index is 2.14. The maximum Gasteiger partial charge on any atom is 0.243 e. The zero-order valence-corrected chi connectivity index (χ0v) is 14.7. The number of benzene rings is 1. The van der Waals surface area contributed by atoms with Crippen LogP contribution in [0.3, 0.4) is 0 Å². The van der Waals surface area contributed by atoms with Gasteiger partial charge in [0.2, 0.25) is 10.0 Å². The van der Waals surface area contributed by atoms with E-state index in [1.165, 1.54) is 23.5 Å². The number of hydrogen-bond acceptors (Lipinski definition) is 4. The van der Waals surface area contributed by atoms with E-state index in [2.05, 4.69) is 25.6 Å². The molecule has 0 aliphatic heterocycles. The van der Waals surface area contributed by atoms with Crippen LogP contribution in [0, 0.1) is 0 Å². The van der Waals surface area contributed by atoms with Crippen molar-refractivity contribution in [3.63, 3.8) is 0 Å². The van der Waals surface area contributed by atoms with Crippen LogP contribution in [-0.2, 0) is 16.4 Å². The van der Waals surface area contributed by atoms with Crippen LogP contribution >= 0.6 is 50.5 Å². The van der Waals surface area contributed by atoms with E-state index in [1.807, 2.05) is 5.38 Å². The number of sulfonamides is 1. The molecule has 0 aliphatic rings. The monoisotopic (exact) mass is 414 g/mol. The summed E-state index contributed by atoms with van der Waals surface area (Å²) >= 11 is 16.6. The molecule has 0 unspecified atom stereocenters. The first-order valence-electron chi connectivity index (χ1n) is 5.41. The molecule has 2 rings (SSSR count). The maximum atomic E-state index is 12.2. The summed E-state index contributed by atoms with van der Waals surface area (Å²) in [4.78, 5) is 3.97. The highest BCUT2D eigenvalue weighted by atomic mass is 79.9. The third-order valence-electron chi connectivity index (χ3n) is 2.39. The first-order chi connectivity index (χ1) is 9.40. The van der Waals surface area contributed by atoms with Crippen molar-refractivity contribution in [2.45, 2.75) is 11.3 Å². The highest BCUT2D eigenvalue weighted by molar-refractivity contribution is 9.10. The number of nitrogens with zero attached hydrogens (tertiary/aromatic N) is 1. The molecule has 0 spiro atoms. The smallest absolute Gasteiger partial charge is 0.243 e. The molecule has 20 heavy (non-hydrogen) atoms. The Morgan fingerprint density at radius 3 is 2.50 bits per heavy atom. The molecule has 4 nitrogen and oxygen atoms in total. The summed E-state index contributed by atoms with van der Waals surface area (Å²) < 4.78 is 27.5. The van der Waals surface area contributed by atoms with Crippen LogP contribution < -0.4 is 4.72 Å². The highest BCUT2D eigenvalue weighted by Gasteiger charge is 2.22. The van der Waals surface area contributed by atoms with Gasteiger partial charge in [0, 0.05) is 22.8 Å². The Morgan fingerprint density at radius 1 is 1.30 bits per heavy atom. The van der Waals surface area contributed by atoms with Crippen LogP contribution in [-0.4, -0.2) is 19.9 Å². The largest absolute Gasteiger partial charge is 0.250 e. The van der Waals surface area contributed by atoms with Gasteiger partial charge in [0.15, 0.2) is 0 Å². The van der Waals surface area contributed by atoms with Gasteiger partial charge in [0.1, 0.15) is 4.90 Å². The van der Waals surface area contributed by atoms with Gasteiger partial charge >= 0.3 is 0 Å². The molecule has 1 heterocycles. The lowest BCUT2D eigenvalue weighted by Crippen LogP contribution is -2.26. The first kappa shape index (κ1) is 16.2. The van der Waals surface area contributed by atoms with Crippen molar-refractivity contribution in [1.82, 2.24) is 9.71 Å². The number of halogens is 3.